The Morgan fingerprint density at radius 1 is 1.46 bits per heavy atom. The van der Waals surface area contributed by atoms with Gasteiger partial charge in [0.15, 0.2) is 0 Å². The number of aliphatic hydroxyl groups is 1. The zero-order valence-electron chi connectivity index (χ0n) is 14.1. The van der Waals surface area contributed by atoms with Crippen molar-refractivity contribution in [3.8, 4) is 0 Å². The van der Waals surface area contributed by atoms with E-state index in [9.17, 15) is 14.3 Å². The van der Waals surface area contributed by atoms with Crippen molar-refractivity contribution >= 4 is 6.03 Å². The molecule has 0 saturated heterocycles. The molecular weight excluding hydrogens is 311 g/mol. The Balaban J connectivity index is 1.83. The Labute approximate surface area is 140 Å². The van der Waals surface area contributed by atoms with E-state index in [0.29, 0.717) is 17.5 Å². The van der Waals surface area contributed by atoms with E-state index in [1.165, 1.54) is 6.07 Å². The normalized spacial score (nSPS) is 14.7. The van der Waals surface area contributed by atoms with Gasteiger partial charge in [-0.2, -0.15) is 5.10 Å². The van der Waals surface area contributed by atoms with Crippen LogP contribution in [0.3, 0.4) is 0 Å². The second-order valence-corrected chi connectivity index (χ2v) is 6.20. The molecule has 2 atom stereocenters. The number of hydrogen-bond donors (Lipinski definition) is 3. The highest BCUT2D eigenvalue weighted by Crippen LogP contribution is 2.18. The van der Waals surface area contributed by atoms with E-state index in [-0.39, 0.29) is 18.4 Å². The Hall–Kier alpha value is -2.41. The minimum Gasteiger partial charge on any atom is -0.383 e. The van der Waals surface area contributed by atoms with Crippen LogP contribution in [0.5, 0.6) is 0 Å². The number of carbonyl (C=O) groups is 1. The lowest BCUT2D eigenvalue weighted by Gasteiger charge is -2.23. The van der Waals surface area contributed by atoms with Crippen molar-refractivity contribution in [3.05, 3.63) is 53.6 Å². The first-order chi connectivity index (χ1) is 11.3. The number of urea groups is 1. The lowest BCUT2D eigenvalue weighted by atomic mass is 10.00. The smallest absolute Gasteiger partial charge is 0.315 e. The second-order valence-electron chi connectivity index (χ2n) is 6.20. The summed E-state index contributed by atoms with van der Waals surface area (Å²) < 4.78 is 15.2. The summed E-state index contributed by atoms with van der Waals surface area (Å²) in [7, 11) is 1.75. The molecule has 1 aromatic heterocycles. The zero-order chi connectivity index (χ0) is 17.7. The fourth-order valence-electron chi connectivity index (χ4n) is 2.37. The Morgan fingerprint density at radius 2 is 2.17 bits per heavy atom. The standard InChI is InChI=1S/C17H23FN4O2/c1-12(8-13-6-4-5-7-15(13)18)21-16(23)19-11-17(2,24)14-9-20-22(3)10-14/h4-7,9-10,12,24H,8,11H2,1-3H3,(H2,19,21,23)/t12-,17+/m1/s1. The van der Waals surface area contributed by atoms with Crippen LogP contribution in [0.15, 0.2) is 36.7 Å². The van der Waals surface area contributed by atoms with Gasteiger partial charge in [-0.15, -0.1) is 0 Å². The molecule has 24 heavy (non-hydrogen) atoms. The van der Waals surface area contributed by atoms with Crippen LogP contribution in [0.2, 0.25) is 0 Å². The van der Waals surface area contributed by atoms with Gasteiger partial charge in [0.2, 0.25) is 0 Å². The van der Waals surface area contributed by atoms with Crippen molar-refractivity contribution in [2.45, 2.75) is 31.9 Å². The van der Waals surface area contributed by atoms with Crippen molar-refractivity contribution in [2.75, 3.05) is 6.54 Å². The van der Waals surface area contributed by atoms with Crippen LogP contribution in [0.1, 0.15) is 25.0 Å². The van der Waals surface area contributed by atoms with Crippen LogP contribution in [-0.4, -0.2) is 33.5 Å². The molecule has 130 valence electrons. The van der Waals surface area contributed by atoms with Gasteiger partial charge in [-0.3, -0.25) is 4.68 Å². The SMILES string of the molecule is C[C@H](Cc1ccccc1F)NC(=O)NC[C@](C)(O)c1cnn(C)c1. The van der Waals surface area contributed by atoms with E-state index in [0.717, 1.165) is 0 Å². The number of nitrogens with zero attached hydrogens (tertiary/aromatic N) is 2. The van der Waals surface area contributed by atoms with Gasteiger partial charge in [0.25, 0.3) is 0 Å². The highest BCUT2D eigenvalue weighted by molar-refractivity contribution is 5.74. The summed E-state index contributed by atoms with van der Waals surface area (Å²) in [6.07, 6.45) is 3.64. The highest BCUT2D eigenvalue weighted by Gasteiger charge is 2.25. The van der Waals surface area contributed by atoms with Crippen LogP contribution >= 0.6 is 0 Å². The maximum Gasteiger partial charge on any atom is 0.315 e. The number of nitrogens with one attached hydrogen (secondary N) is 2. The molecule has 0 aliphatic rings. The molecule has 0 fully saturated rings. The van der Waals surface area contributed by atoms with Gasteiger partial charge in [-0.1, -0.05) is 18.2 Å². The molecule has 7 heteroatoms. The quantitative estimate of drug-likeness (QED) is 0.752. The summed E-state index contributed by atoms with van der Waals surface area (Å²) in [6, 6.07) is 5.82. The third-order valence-corrected chi connectivity index (χ3v) is 3.78. The Bertz CT molecular complexity index is 699. The number of hydrogen-bond acceptors (Lipinski definition) is 3. The lowest BCUT2D eigenvalue weighted by molar-refractivity contribution is 0.0592. The zero-order valence-corrected chi connectivity index (χ0v) is 14.1. The maximum atomic E-state index is 13.6. The largest absolute Gasteiger partial charge is 0.383 e. The van der Waals surface area contributed by atoms with Gasteiger partial charge in [0.1, 0.15) is 11.4 Å². The fraction of sp³-hybridized carbons (Fsp3) is 0.412. The lowest BCUT2D eigenvalue weighted by Crippen LogP contribution is -2.46. The minimum absolute atomic E-state index is 0.0386. The van der Waals surface area contributed by atoms with Crippen molar-refractivity contribution in [3.63, 3.8) is 0 Å². The monoisotopic (exact) mass is 334 g/mol. The predicted molar refractivity (Wildman–Crippen MR) is 88.9 cm³/mol. The average Bonchev–Trinajstić information content (AvgIpc) is 2.95. The first-order valence-electron chi connectivity index (χ1n) is 7.77. The number of rotatable bonds is 6. The summed E-state index contributed by atoms with van der Waals surface area (Å²) in [6.45, 7) is 3.44. The minimum atomic E-state index is -1.22. The molecule has 0 radical (unpaired) electrons. The number of amides is 2. The molecule has 3 N–H and O–H groups in total. The van der Waals surface area contributed by atoms with E-state index < -0.39 is 11.6 Å². The summed E-state index contributed by atoms with van der Waals surface area (Å²) in [5.74, 6) is -0.286. The van der Waals surface area contributed by atoms with Crippen LogP contribution in [0.25, 0.3) is 0 Å². The molecule has 2 rings (SSSR count). The van der Waals surface area contributed by atoms with Crippen molar-refractivity contribution in [1.82, 2.24) is 20.4 Å². The number of carbonyl (C=O) groups excluding carboxylic acids is 1. The predicted octanol–water partition coefficient (Wildman–Crippen LogP) is 1.70. The van der Waals surface area contributed by atoms with Crippen LogP contribution in [0, 0.1) is 5.82 Å². The summed E-state index contributed by atoms with van der Waals surface area (Å²) >= 11 is 0. The highest BCUT2D eigenvalue weighted by atomic mass is 19.1. The van der Waals surface area contributed by atoms with Crippen LogP contribution in [0.4, 0.5) is 9.18 Å². The molecular formula is C17H23FN4O2. The van der Waals surface area contributed by atoms with Gasteiger partial charge in [-0.05, 0) is 31.9 Å². The van der Waals surface area contributed by atoms with Gasteiger partial charge in [-0.25, -0.2) is 9.18 Å². The molecule has 6 nitrogen and oxygen atoms in total. The Morgan fingerprint density at radius 3 is 2.79 bits per heavy atom. The molecule has 2 amide bonds. The van der Waals surface area contributed by atoms with Crippen molar-refractivity contribution in [1.29, 1.82) is 0 Å². The molecule has 0 spiro atoms. The molecule has 0 bridgehead atoms. The van der Waals surface area contributed by atoms with E-state index in [4.69, 9.17) is 0 Å². The number of halogens is 1. The topological polar surface area (TPSA) is 79.2 Å². The number of aryl methyl sites for hydroxylation is 1. The average molecular weight is 334 g/mol. The summed E-state index contributed by atoms with van der Waals surface area (Å²) in [5.41, 5.74) is -0.0576. The van der Waals surface area contributed by atoms with Crippen molar-refractivity contribution < 1.29 is 14.3 Å². The second kappa shape index (κ2) is 7.44. The van der Waals surface area contributed by atoms with Gasteiger partial charge < -0.3 is 15.7 Å². The van der Waals surface area contributed by atoms with E-state index >= 15 is 0 Å². The third kappa shape index (κ3) is 4.79. The molecule has 0 aliphatic heterocycles. The molecule has 0 saturated carbocycles. The summed E-state index contributed by atoms with van der Waals surface area (Å²) in [5, 5.41) is 19.8. The first-order valence-corrected chi connectivity index (χ1v) is 7.77. The van der Waals surface area contributed by atoms with Gasteiger partial charge in [0.05, 0.1) is 12.7 Å². The van der Waals surface area contributed by atoms with Crippen LogP contribution in [-0.2, 0) is 19.1 Å². The molecule has 1 aromatic carbocycles. The molecule has 1 heterocycles. The van der Waals surface area contributed by atoms with Gasteiger partial charge in [0, 0.05) is 24.8 Å². The van der Waals surface area contributed by atoms with E-state index in [2.05, 4.69) is 15.7 Å². The molecule has 0 aliphatic carbocycles. The first kappa shape index (κ1) is 17.9. The van der Waals surface area contributed by atoms with E-state index in [1.54, 1.807) is 56.2 Å². The maximum absolute atomic E-state index is 13.6. The molecule has 0 unspecified atom stereocenters. The van der Waals surface area contributed by atoms with Gasteiger partial charge >= 0.3 is 6.03 Å². The number of benzene rings is 1. The van der Waals surface area contributed by atoms with E-state index in [1.807, 2.05) is 0 Å². The number of aromatic nitrogens is 2. The van der Waals surface area contributed by atoms with Crippen LogP contribution < -0.4 is 10.6 Å². The van der Waals surface area contributed by atoms with Crippen molar-refractivity contribution in [2.24, 2.45) is 7.05 Å². The third-order valence-electron chi connectivity index (χ3n) is 3.78. The summed E-state index contributed by atoms with van der Waals surface area (Å²) in [4.78, 5) is 12.0. The fourth-order valence-corrected chi connectivity index (χ4v) is 2.37. The Kier molecular flexibility index (Phi) is 5.56. The molecule has 2 aromatic rings.